The van der Waals surface area contributed by atoms with Crippen LogP contribution in [-0.2, 0) is 10.0 Å². The fourth-order valence-electron chi connectivity index (χ4n) is 1.52. The lowest BCUT2D eigenvalue weighted by Gasteiger charge is -2.10. The van der Waals surface area contributed by atoms with Crippen LogP contribution in [0.2, 0.25) is 0 Å². The van der Waals surface area contributed by atoms with Gasteiger partial charge in [0.1, 0.15) is 4.90 Å². The fourth-order valence-corrected chi connectivity index (χ4v) is 3.18. The van der Waals surface area contributed by atoms with Crippen LogP contribution in [0.25, 0.3) is 0 Å². The molecule has 82 valence electrons. The van der Waals surface area contributed by atoms with Crippen molar-refractivity contribution >= 4 is 15.7 Å². The number of benzene rings is 1. The summed E-state index contributed by atoms with van der Waals surface area (Å²) in [6, 6.07) is 5.21. The third kappa shape index (κ3) is 2.13. The predicted octanol–water partition coefficient (Wildman–Crippen LogP) is 1.02. The van der Waals surface area contributed by atoms with Gasteiger partial charge in [-0.25, -0.2) is 13.1 Å². The first-order valence-electron chi connectivity index (χ1n) is 4.88. The van der Waals surface area contributed by atoms with Gasteiger partial charge in [0.05, 0.1) is 5.69 Å². The molecule has 0 bridgehead atoms. The summed E-state index contributed by atoms with van der Waals surface area (Å²) in [5.74, 6) is 0. The summed E-state index contributed by atoms with van der Waals surface area (Å²) in [6.45, 7) is 1.75. The van der Waals surface area contributed by atoms with E-state index in [-0.39, 0.29) is 10.9 Å². The standard InChI is InChI=1S/C10H14N2O2S/c1-7-3-2-4-9(11)10(7)15(13,14)12-8-5-6-8/h2-4,8,12H,5-6,11H2,1H3. The minimum absolute atomic E-state index is 0.106. The molecular formula is C10H14N2O2S. The number of aryl methyl sites for hydroxylation is 1. The van der Waals surface area contributed by atoms with E-state index in [9.17, 15) is 8.42 Å². The maximum absolute atomic E-state index is 11.9. The lowest BCUT2D eigenvalue weighted by Crippen LogP contribution is -2.27. The van der Waals surface area contributed by atoms with E-state index in [2.05, 4.69) is 4.72 Å². The second-order valence-corrected chi connectivity index (χ2v) is 5.54. The van der Waals surface area contributed by atoms with Crippen LogP contribution in [0.1, 0.15) is 18.4 Å². The molecule has 0 aromatic heterocycles. The quantitative estimate of drug-likeness (QED) is 0.756. The Kier molecular flexibility index (Phi) is 2.44. The molecule has 3 N–H and O–H groups in total. The van der Waals surface area contributed by atoms with E-state index in [1.807, 2.05) is 0 Å². The molecule has 1 aliphatic carbocycles. The van der Waals surface area contributed by atoms with Crippen molar-refractivity contribution in [3.8, 4) is 0 Å². The number of nitrogen functional groups attached to an aromatic ring is 1. The maximum atomic E-state index is 11.9. The second-order valence-electron chi connectivity index (χ2n) is 3.89. The topological polar surface area (TPSA) is 72.2 Å². The van der Waals surface area contributed by atoms with Crippen molar-refractivity contribution in [1.29, 1.82) is 0 Å². The summed E-state index contributed by atoms with van der Waals surface area (Å²) in [5.41, 5.74) is 6.68. The summed E-state index contributed by atoms with van der Waals surface area (Å²) >= 11 is 0. The van der Waals surface area contributed by atoms with E-state index in [4.69, 9.17) is 5.73 Å². The average molecular weight is 226 g/mol. The van der Waals surface area contributed by atoms with E-state index in [1.54, 1.807) is 25.1 Å². The Bertz CT molecular complexity index is 458. The van der Waals surface area contributed by atoms with E-state index in [0.717, 1.165) is 12.8 Å². The Hall–Kier alpha value is -1.07. The summed E-state index contributed by atoms with van der Waals surface area (Å²) in [4.78, 5) is 0.219. The van der Waals surface area contributed by atoms with Gasteiger partial charge in [-0.2, -0.15) is 0 Å². The number of nitrogens with two attached hydrogens (primary N) is 1. The number of rotatable bonds is 3. The minimum Gasteiger partial charge on any atom is -0.398 e. The lowest BCUT2D eigenvalue weighted by atomic mass is 10.2. The van der Waals surface area contributed by atoms with Crippen LogP contribution in [0.3, 0.4) is 0 Å². The molecule has 1 fully saturated rings. The highest BCUT2D eigenvalue weighted by Gasteiger charge is 2.29. The van der Waals surface area contributed by atoms with Crippen molar-refractivity contribution in [2.45, 2.75) is 30.7 Å². The highest BCUT2D eigenvalue weighted by molar-refractivity contribution is 7.89. The van der Waals surface area contributed by atoms with Crippen molar-refractivity contribution in [2.75, 3.05) is 5.73 Å². The van der Waals surface area contributed by atoms with Gasteiger partial charge < -0.3 is 5.73 Å². The lowest BCUT2D eigenvalue weighted by molar-refractivity contribution is 0.581. The van der Waals surface area contributed by atoms with Crippen molar-refractivity contribution in [3.63, 3.8) is 0 Å². The molecule has 0 amide bonds. The summed E-state index contributed by atoms with van der Waals surface area (Å²) in [6.07, 6.45) is 1.84. The smallest absolute Gasteiger partial charge is 0.243 e. The summed E-state index contributed by atoms with van der Waals surface area (Å²) in [7, 11) is -3.43. The molecule has 0 atom stereocenters. The third-order valence-corrected chi connectivity index (χ3v) is 4.15. The molecule has 0 aliphatic heterocycles. The van der Waals surface area contributed by atoms with E-state index in [0.29, 0.717) is 11.3 Å². The number of hydrogen-bond acceptors (Lipinski definition) is 3. The molecule has 0 saturated heterocycles. The van der Waals surface area contributed by atoms with Gasteiger partial charge in [-0.3, -0.25) is 0 Å². The minimum atomic E-state index is -3.43. The van der Waals surface area contributed by atoms with Crippen LogP contribution in [-0.4, -0.2) is 14.5 Å². The Balaban J connectivity index is 2.42. The van der Waals surface area contributed by atoms with Gasteiger partial charge in [0, 0.05) is 6.04 Å². The zero-order chi connectivity index (χ0) is 11.1. The number of sulfonamides is 1. The van der Waals surface area contributed by atoms with Gasteiger partial charge in [0.25, 0.3) is 0 Å². The molecule has 4 nitrogen and oxygen atoms in total. The van der Waals surface area contributed by atoms with Gasteiger partial charge in [0.15, 0.2) is 0 Å². The molecule has 1 aromatic rings. The van der Waals surface area contributed by atoms with Crippen LogP contribution in [0.4, 0.5) is 5.69 Å². The molecule has 15 heavy (non-hydrogen) atoms. The Morgan fingerprint density at radius 3 is 2.60 bits per heavy atom. The normalized spacial score (nSPS) is 16.6. The second kappa shape index (κ2) is 3.50. The highest BCUT2D eigenvalue weighted by Crippen LogP contribution is 2.26. The van der Waals surface area contributed by atoms with E-state index >= 15 is 0 Å². The van der Waals surface area contributed by atoms with Crippen LogP contribution in [0.5, 0.6) is 0 Å². The van der Waals surface area contributed by atoms with Crippen LogP contribution in [0.15, 0.2) is 23.1 Å². The molecule has 0 spiro atoms. The third-order valence-electron chi connectivity index (χ3n) is 2.41. The molecule has 0 radical (unpaired) electrons. The predicted molar refractivity (Wildman–Crippen MR) is 58.9 cm³/mol. The number of hydrogen-bond donors (Lipinski definition) is 2. The summed E-state index contributed by atoms with van der Waals surface area (Å²) in [5, 5.41) is 0. The highest BCUT2D eigenvalue weighted by atomic mass is 32.2. The molecule has 5 heteroatoms. The molecule has 1 aromatic carbocycles. The Morgan fingerprint density at radius 1 is 1.40 bits per heavy atom. The molecule has 2 rings (SSSR count). The molecule has 1 aliphatic rings. The van der Waals surface area contributed by atoms with Crippen LogP contribution in [0, 0.1) is 6.92 Å². The molecular weight excluding hydrogens is 212 g/mol. The Labute approximate surface area is 89.5 Å². The van der Waals surface area contributed by atoms with Crippen LogP contribution < -0.4 is 10.5 Å². The number of anilines is 1. The van der Waals surface area contributed by atoms with Gasteiger partial charge in [-0.05, 0) is 31.4 Å². The zero-order valence-electron chi connectivity index (χ0n) is 8.53. The fraction of sp³-hybridized carbons (Fsp3) is 0.400. The molecule has 1 saturated carbocycles. The first-order chi connectivity index (χ1) is 7.00. The van der Waals surface area contributed by atoms with Crippen molar-refractivity contribution < 1.29 is 8.42 Å². The van der Waals surface area contributed by atoms with Gasteiger partial charge in [0.2, 0.25) is 10.0 Å². The van der Waals surface area contributed by atoms with Crippen LogP contribution >= 0.6 is 0 Å². The van der Waals surface area contributed by atoms with Crippen molar-refractivity contribution in [3.05, 3.63) is 23.8 Å². The first-order valence-corrected chi connectivity index (χ1v) is 6.36. The zero-order valence-corrected chi connectivity index (χ0v) is 9.34. The van der Waals surface area contributed by atoms with E-state index < -0.39 is 10.0 Å². The summed E-state index contributed by atoms with van der Waals surface area (Å²) < 4.78 is 26.5. The van der Waals surface area contributed by atoms with Crippen molar-refractivity contribution in [2.24, 2.45) is 0 Å². The Morgan fingerprint density at radius 2 is 2.07 bits per heavy atom. The molecule has 0 unspecified atom stereocenters. The molecule has 0 heterocycles. The number of nitrogens with one attached hydrogen (secondary N) is 1. The largest absolute Gasteiger partial charge is 0.398 e. The SMILES string of the molecule is Cc1cccc(N)c1S(=O)(=O)NC1CC1. The van der Waals surface area contributed by atoms with Gasteiger partial charge in [-0.15, -0.1) is 0 Å². The van der Waals surface area contributed by atoms with Gasteiger partial charge in [-0.1, -0.05) is 12.1 Å². The first kappa shape index (κ1) is 10.4. The van der Waals surface area contributed by atoms with E-state index in [1.165, 1.54) is 0 Å². The monoisotopic (exact) mass is 226 g/mol. The van der Waals surface area contributed by atoms with Gasteiger partial charge >= 0.3 is 0 Å². The van der Waals surface area contributed by atoms with Crippen molar-refractivity contribution in [1.82, 2.24) is 4.72 Å². The maximum Gasteiger partial charge on any atom is 0.243 e. The average Bonchev–Trinajstić information content (AvgIpc) is 2.86.